The average Bonchev–Trinajstić information content (AvgIpc) is 2.89. The Balaban J connectivity index is 1.96. The third-order valence-corrected chi connectivity index (χ3v) is 3.91. The van der Waals surface area contributed by atoms with Gasteiger partial charge in [0, 0.05) is 17.6 Å². The fourth-order valence-corrected chi connectivity index (χ4v) is 2.81. The van der Waals surface area contributed by atoms with Crippen LogP contribution in [0.1, 0.15) is 17.5 Å². The Bertz CT molecular complexity index is 681. The molecule has 0 radical (unpaired) electrons. The van der Waals surface area contributed by atoms with Gasteiger partial charge in [0.2, 0.25) is 5.71 Å². The van der Waals surface area contributed by atoms with E-state index in [4.69, 9.17) is 4.74 Å². The number of hydrogen-bond acceptors (Lipinski definition) is 1. The molecule has 0 saturated heterocycles. The second-order valence-electron chi connectivity index (χ2n) is 5.33. The van der Waals surface area contributed by atoms with Crippen molar-refractivity contribution in [1.29, 1.82) is 0 Å². The summed E-state index contributed by atoms with van der Waals surface area (Å²) in [5, 5.41) is 0. The Labute approximate surface area is 126 Å². The van der Waals surface area contributed by atoms with Crippen LogP contribution in [0.4, 0.5) is 0 Å². The molecule has 1 aliphatic heterocycles. The van der Waals surface area contributed by atoms with Crippen LogP contribution in [0.15, 0.2) is 60.2 Å². The maximum atomic E-state index is 5.21. The van der Waals surface area contributed by atoms with Crippen LogP contribution in [0, 0.1) is 0 Å². The molecule has 0 bridgehead atoms. The lowest BCUT2D eigenvalue weighted by molar-refractivity contribution is -0.488. The first-order valence-corrected chi connectivity index (χ1v) is 7.26. The van der Waals surface area contributed by atoms with Crippen molar-refractivity contribution in [3.8, 4) is 5.75 Å². The van der Waals surface area contributed by atoms with Gasteiger partial charge in [0.05, 0.1) is 7.11 Å². The van der Waals surface area contributed by atoms with Crippen molar-refractivity contribution in [3.05, 3.63) is 71.3 Å². The highest BCUT2D eigenvalue weighted by Gasteiger charge is 2.25. The van der Waals surface area contributed by atoms with Gasteiger partial charge >= 0.3 is 0 Å². The molecule has 0 N–H and O–H groups in total. The molecule has 0 atom stereocenters. The number of rotatable bonds is 3. The van der Waals surface area contributed by atoms with Gasteiger partial charge in [-0.2, -0.15) is 0 Å². The van der Waals surface area contributed by atoms with Gasteiger partial charge in [-0.1, -0.05) is 30.3 Å². The van der Waals surface area contributed by atoms with Crippen LogP contribution in [-0.4, -0.2) is 31.0 Å². The molecule has 0 aromatic heterocycles. The SMILES string of the molecule is COc1ccc(/C=C2\CC[N+](C)=C2c2ccccc2)cc1. The molecule has 1 aliphatic rings. The Hall–Kier alpha value is -2.35. The van der Waals surface area contributed by atoms with Crippen molar-refractivity contribution < 1.29 is 9.31 Å². The van der Waals surface area contributed by atoms with E-state index in [0.29, 0.717) is 0 Å². The fraction of sp³-hybridized carbons (Fsp3) is 0.211. The summed E-state index contributed by atoms with van der Waals surface area (Å²) in [6, 6.07) is 18.8. The number of nitrogens with zero attached hydrogens (tertiary/aromatic N) is 1. The third-order valence-electron chi connectivity index (χ3n) is 3.91. The highest BCUT2D eigenvalue weighted by atomic mass is 16.5. The van der Waals surface area contributed by atoms with Gasteiger partial charge in [-0.25, -0.2) is 4.58 Å². The van der Waals surface area contributed by atoms with Crippen molar-refractivity contribution in [2.24, 2.45) is 0 Å². The first-order valence-electron chi connectivity index (χ1n) is 7.26. The van der Waals surface area contributed by atoms with Crippen LogP contribution < -0.4 is 4.74 Å². The third kappa shape index (κ3) is 2.89. The van der Waals surface area contributed by atoms with Crippen LogP contribution in [0.2, 0.25) is 0 Å². The zero-order chi connectivity index (χ0) is 14.7. The van der Waals surface area contributed by atoms with E-state index < -0.39 is 0 Å². The van der Waals surface area contributed by atoms with Crippen molar-refractivity contribution in [3.63, 3.8) is 0 Å². The van der Waals surface area contributed by atoms with E-state index in [9.17, 15) is 0 Å². The molecule has 106 valence electrons. The quantitative estimate of drug-likeness (QED) is 0.781. The van der Waals surface area contributed by atoms with E-state index in [1.54, 1.807) is 7.11 Å². The van der Waals surface area contributed by atoms with E-state index in [-0.39, 0.29) is 0 Å². The molecule has 2 nitrogen and oxygen atoms in total. The summed E-state index contributed by atoms with van der Waals surface area (Å²) in [6.07, 6.45) is 3.37. The molecule has 3 rings (SSSR count). The summed E-state index contributed by atoms with van der Waals surface area (Å²) in [5.74, 6) is 0.896. The zero-order valence-corrected chi connectivity index (χ0v) is 12.5. The van der Waals surface area contributed by atoms with Gasteiger partial charge in [0.1, 0.15) is 19.3 Å². The number of hydrogen-bond donors (Lipinski definition) is 0. The topological polar surface area (TPSA) is 12.2 Å². The summed E-state index contributed by atoms with van der Waals surface area (Å²) in [5.41, 5.74) is 5.24. The first kappa shape index (κ1) is 13.6. The van der Waals surface area contributed by atoms with Crippen LogP contribution in [-0.2, 0) is 0 Å². The molecular weight excluding hydrogens is 258 g/mol. The Morgan fingerprint density at radius 3 is 2.38 bits per heavy atom. The zero-order valence-electron chi connectivity index (χ0n) is 12.5. The van der Waals surface area contributed by atoms with Crippen molar-refractivity contribution >= 4 is 11.8 Å². The number of methoxy groups -OCH3 is 1. The van der Waals surface area contributed by atoms with Crippen molar-refractivity contribution in [2.45, 2.75) is 6.42 Å². The summed E-state index contributed by atoms with van der Waals surface area (Å²) in [7, 11) is 3.86. The second kappa shape index (κ2) is 5.96. The molecule has 1 heterocycles. The molecule has 2 aromatic rings. The Kier molecular flexibility index (Phi) is 3.87. The lowest BCUT2D eigenvalue weighted by Crippen LogP contribution is -2.11. The lowest BCUT2D eigenvalue weighted by atomic mass is 10.00. The Morgan fingerprint density at radius 1 is 1.00 bits per heavy atom. The van der Waals surface area contributed by atoms with Gasteiger partial charge in [0.15, 0.2) is 0 Å². The second-order valence-corrected chi connectivity index (χ2v) is 5.33. The van der Waals surface area contributed by atoms with Gasteiger partial charge in [-0.3, -0.25) is 0 Å². The number of benzene rings is 2. The van der Waals surface area contributed by atoms with Crippen molar-refractivity contribution in [2.75, 3.05) is 20.7 Å². The molecule has 0 unspecified atom stereocenters. The molecule has 2 heteroatoms. The maximum absolute atomic E-state index is 5.21. The first-order chi connectivity index (χ1) is 10.3. The monoisotopic (exact) mass is 278 g/mol. The standard InChI is InChI=1S/C19H20NO/c1-20-13-12-17(19(20)16-6-4-3-5-7-16)14-15-8-10-18(21-2)11-9-15/h3-11,14H,12-13H2,1-2H3/q+1/b17-14+. The summed E-state index contributed by atoms with van der Waals surface area (Å²) in [6.45, 7) is 1.08. The van der Waals surface area contributed by atoms with E-state index in [1.165, 1.54) is 22.4 Å². The molecule has 21 heavy (non-hydrogen) atoms. The van der Waals surface area contributed by atoms with Crippen LogP contribution in [0.25, 0.3) is 6.08 Å². The minimum absolute atomic E-state index is 0.896. The van der Waals surface area contributed by atoms with Gasteiger partial charge in [-0.05, 0) is 35.9 Å². The van der Waals surface area contributed by atoms with Gasteiger partial charge in [0.25, 0.3) is 0 Å². The molecule has 0 aliphatic carbocycles. The predicted molar refractivity (Wildman–Crippen MR) is 87.2 cm³/mol. The van der Waals surface area contributed by atoms with E-state index in [0.717, 1.165) is 18.7 Å². The Morgan fingerprint density at radius 2 is 1.71 bits per heavy atom. The number of ether oxygens (including phenoxy) is 1. The van der Waals surface area contributed by atoms with Gasteiger partial charge in [-0.15, -0.1) is 0 Å². The molecule has 0 fully saturated rings. The van der Waals surface area contributed by atoms with Crippen molar-refractivity contribution in [1.82, 2.24) is 0 Å². The molecular formula is C19H20NO+. The summed E-state index contributed by atoms with van der Waals surface area (Å²) >= 11 is 0. The largest absolute Gasteiger partial charge is 0.497 e. The highest BCUT2D eigenvalue weighted by molar-refractivity contribution is 6.12. The minimum atomic E-state index is 0.896. The summed E-state index contributed by atoms with van der Waals surface area (Å²) in [4.78, 5) is 0. The maximum Gasteiger partial charge on any atom is 0.210 e. The highest BCUT2D eigenvalue weighted by Crippen LogP contribution is 2.22. The smallest absolute Gasteiger partial charge is 0.210 e. The molecule has 0 saturated carbocycles. The van der Waals surface area contributed by atoms with Crippen LogP contribution >= 0.6 is 0 Å². The predicted octanol–water partition coefficient (Wildman–Crippen LogP) is 3.61. The summed E-state index contributed by atoms with van der Waals surface area (Å²) < 4.78 is 7.55. The van der Waals surface area contributed by atoms with Crippen LogP contribution in [0.5, 0.6) is 5.75 Å². The van der Waals surface area contributed by atoms with E-state index >= 15 is 0 Å². The molecule has 0 spiro atoms. The normalized spacial score (nSPS) is 16.6. The molecule has 0 amide bonds. The fourth-order valence-electron chi connectivity index (χ4n) is 2.81. The minimum Gasteiger partial charge on any atom is -0.497 e. The average molecular weight is 278 g/mol. The molecule has 2 aromatic carbocycles. The van der Waals surface area contributed by atoms with Gasteiger partial charge < -0.3 is 4.74 Å². The van der Waals surface area contributed by atoms with E-state index in [2.05, 4.69) is 60.2 Å². The lowest BCUT2D eigenvalue weighted by Gasteiger charge is -2.02. The van der Waals surface area contributed by atoms with Crippen LogP contribution in [0.3, 0.4) is 0 Å². The van der Waals surface area contributed by atoms with E-state index in [1.807, 2.05) is 12.1 Å².